The molecule has 0 radical (unpaired) electrons. The van der Waals surface area contributed by atoms with E-state index >= 15 is 0 Å². The first kappa shape index (κ1) is 13.6. The minimum absolute atomic E-state index is 0.0413. The van der Waals surface area contributed by atoms with Gasteiger partial charge in [0, 0.05) is 23.4 Å². The minimum Gasteiger partial charge on any atom is -0.313 e. The fourth-order valence-electron chi connectivity index (χ4n) is 1.52. The number of sulfone groups is 1. The molecule has 0 fully saturated rings. The zero-order valence-corrected chi connectivity index (χ0v) is 11.4. The number of likely N-dealkylation sites (N-methyl/N-ethyl adjacent to an activating group) is 1. The molecule has 1 heterocycles. The summed E-state index contributed by atoms with van der Waals surface area (Å²) < 4.78 is 23.0. The molecule has 2 unspecified atom stereocenters. The lowest BCUT2D eigenvalue weighted by atomic mass is 10.1. The van der Waals surface area contributed by atoms with Gasteiger partial charge in [-0.3, -0.25) is 4.98 Å². The second-order valence-electron chi connectivity index (χ2n) is 3.87. The van der Waals surface area contributed by atoms with Crippen molar-refractivity contribution in [2.75, 3.05) is 12.8 Å². The predicted octanol–water partition coefficient (Wildman–Crippen LogP) is 1.10. The number of aromatic nitrogens is 1. The molecule has 0 bridgehead atoms. The number of nitrogens with zero attached hydrogens (tertiary/aromatic N) is 1. The molecule has 1 aromatic rings. The van der Waals surface area contributed by atoms with E-state index in [9.17, 15) is 8.42 Å². The highest BCUT2D eigenvalue weighted by molar-refractivity contribution is 7.91. The third-order valence-corrected chi connectivity index (χ3v) is 5.09. The van der Waals surface area contributed by atoms with Crippen LogP contribution in [0, 0.1) is 0 Å². The molecule has 0 saturated carbocycles. The van der Waals surface area contributed by atoms with Crippen LogP contribution in [0.1, 0.15) is 18.7 Å². The monoisotopic (exact) mass is 262 g/mol. The van der Waals surface area contributed by atoms with E-state index in [4.69, 9.17) is 0 Å². The van der Waals surface area contributed by atoms with Gasteiger partial charge in [-0.1, -0.05) is 6.92 Å². The van der Waals surface area contributed by atoms with E-state index in [2.05, 4.69) is 10.3 Å². The van der Waals surface area contributed by atoms with E-state index in [1.165, 1.54) is 6.26 Å². The first-order valence-corrected chi connectivity index (χ1v) is 8.08. The van der Waals surface area contributed by atoms with Crippen LogP contribution >= 0.6 is 11.3 Å². The van der Waals surface area contributed by atoms with Gasteiger partial charge in [-0.05, 0) is 19.9 Å². The van der Waals surface area contributed by atoms with Crippen molar-refractivity contribution >= 4 is 21.2 Å². The van der Waals surface area contributed by atoms with E-state index in [0.717, 1.165) is 11.4 Å². The summed E-state index contributed by atoms with van der Waals surface area (Å²) in [5, 5.41) is 2.85. The van der Waals surface area contributed by atoms with Crippen molar-refractivity contribution in [1.82, 2.24) is 10.3 Å². The predicted molar refractivity (Wildman–Crippen MR) is 67.6 cm³/mol. The van der Waals surface area contributed by atoms with Gasteiger partial charge >= 0.3 is 0 Å². The summed E-state index contributed by atoms with van der Waals surface area (Å²) in [6.45, 7) is 4.50. The van der Waals surface area contributed by atoms with E-state index in [1.807, 2.05) is 6.92 Å². The first-order chi connectivity index (χ1) is 7.45. The normalized spacial score (nSPS) is 15.9. The molecule has 16 heavy (non-hydrogen) atoms. The maximum Gasteiger partial charge on any atom is 0.151 e. The van der Waals surface area contributed by atoms with Crippen LogP contribution in [-0.4, -0.2) is 37.5 Å². The van der Waals surface area contributed by atoms with Gasteiger partial charge in [0.15, 0.2) is 9.84 Å². The van der Waals surface area contributed by atoms with Gasteiger partial charge in [0.25, 0.3) is 0 Å². The van der Waals surface area contributed by atoms with Gasteiger partial charge in [-0.25, -0.2) is 8.42 Å². The van der Waals surface area contributed by atoms with Crippen LogP contribution in [-0.2, 0) is 16.3 Å². The Labute approximate surface area is 101 Å². The van der Waals surface area contributed by atoms with Gasteiger partial charge in [0.1, 0.15) is 0 Å². The largest absolute Gasteiger partial charge is 0.313 e. The standard InChI is InChI=1S/C10H18N2O2S2/c1-4-12-10(8(2)16(3,13)14)5-9-6-11-7-15-9/h6-8,10,12H,4-5H2,1-3H3. The third-order valence-electron chi connectivity index (χ3n) is 2.61. The average Bonchev–Trinajstić information content (AvgIpc) is 2.67. The van der Waals surface area contributed by atoms with E-state index < -0.39 is 9.84 Å². The summed E-state index contributed by atoms with van der Waals surface area (Å²) in [7, 11) is -3.01. The number of thiazole rings is 1. The van der Waals surface area contributed by atoms with Gasteiger partial charge in [-0.2, -0.15) is 0 Å². The van der Waals surface area contributed by atoms with Crippen LogP contribution in [0.25, 0.3) is 0 Å². The molecule has 92 valence electrons. The van der Waals surface area contributed by atoms with Gasteiger partial charge in [0.2, 0.25) is 0 Å². The molecular weight excluding hydrogens is 244 g/mol. The fraction of sp³-hybridized carbons (Fsp3) is 0.700. The van der Waals surface area contributed by atoms with Crippen LogP contribution in [0.4, 0.5) is 0 Å². The minimum atomic E-state index is -3.01. The molecule has 1 aromatic heterocycles. The Hall–Kier alpha value is -0.460. The van der Waals surface area contributed by atoms with Crippen molar-refractivity contribution in [2.45, 2.75) is 31.6 Å². The topological polar surface area (TPSA) is 59.1 Å². The van der Waals surface area contributed by atoms with Crippen LogP contribution in [0.15, 0.2) is 11.7 Å². The number of hydrogen-bond acceptors (Lipinski definition) is 5. The molecule has 0 aliphatic carbocycles. The molecule has 1 N–H and O–H groups in total. The van der Waals surface area contributed by atoms with Crippen LogP contribution in [0.5, 0.6) is 0 Å². The Morgan fingerprint density at radius 2 is 2.25 bits per heavy atom. The number of nitrogens with one attached hydrogen (secondary N) is 1. The van der Waals surface area contributed by atoms with Crippen molar-refractivity contribution in [2.24, 2.45) is 0 Å². The second kappa shape index (κ2) is 5.75. The van der Waals surface area contributed by atoms with Crippen LogP contribution < -0.4 is 5.32 Å². The smallest absolute Gasteiger partial charge is 0.151 e. The molecule has 0 aliphatic rings. The van der Waals surface area contributed by atoms with Gasteiger partial charge in [-0.15, -0.1) is 11.3 Å². The Morgan fingerprint density at radius 3 is 2.69 bits per heavy atom. The maximum absolute atomic E-state index is 11.5. The highest BCUT2D eigenvalue weighted by Crippen LogP contribution is 2.14. The molecule has 6 heteroatoms. The number of hydrogen-bond donors (Lipinski definition) is 1. The van der Waals surface area contributed by atoms with E-state index in [1.54, 1.807) is 30.0 Å². The van der Waals surface area contributed by atoms with Crippen molar-refractivity contribution in [3.8, 4) is 0 Å². The second-order valence-corrected chi connectivity index (χ2v) is 7.24. The van der Waals surface area contributed by atoms with Crippen molar-refractivity contribution in [3.63, 3.8) is 0 Å². The van der Waals surface area contributed by atoms with Gasteiger partial charge < -0.3 is 5.32 Å². The Balaban J connectivity index is 2.75. The summed E-state index contributed by atoms with van der Waals surface area (Å²) in [5.41, 5.74) is 1.77. The van der Waals surface area contributed by atoms with Gasteiger partial charge in [0.05, 0.1) is 10.8 Å². The summed E-state index contributed by atoms with van der Waals surface area (Å²) in [6, 6.07) is -0.0413. The average molecular weight is 262 g/mol. The SMILES string of the molecule is CCNC(Cc1cncs1)C(C)S(C)(=O)=O. The maximum atomic E-state index is 11.5. The zero-order valence-electron chi connectivity index (χ0n) is 9.80. The molecule has 1 rings (SSSR count). The lowest BCUT2D eigenvalue weighted by Crippen LogP contribution is -2.43. The summed E-state index contributed by atoms with van der Waals surface area (Å²) in [6.07, 6.45) is 3.80. The molecule has 2 atom stereocenters. The molecule has 0 spiro atoms. The quantitative estimate of drug-likeness (QED) is 0.834. The highest BCUT2D eigenvalue weighted by Gasteiger charge is 2.25. The molecule has 0 amide bonds. The van der Waals surface area contributed by atoms with E-state index in [0.29, 0.717) is 6.42 Å². The van der Waals surface area contributed by atoms with Crippen molar-refractivity contribution < 1.29 is 8.42 Å². The summed E-state index contributed by atoms with van der Waals surface area (Å²) in [4.78, 5) is 5.11. The lowest BCUT2D eigenvalue weighted by molar-refractivity contribution is 0.496. The zero-order chi connectivity index (χ0) is 12.2. The lowest BCUT2D eigenvalue weighted by Gasteiger charge is -2.22. The molecule has 0 aromatic carbocycles. The van der Waals surface area contributed by atoms with Crippen LogP contribution in [0.3, 0.4) is 0 Å². The Bertz CT molecular complexity index is 400. The fourth-order valence-corrected chi connectivity index (χ4v) is 2.97. The first-order valence-electron chi connectivity index (χ1n) is 5.24. The van der Waals surface area contributed by atoms with Crippen molar-refractivity contribution in [3.05, 3.63) is 16.6 Å². The number of rotatable bonds is 6. The van der Waals surface area contributed by atoms with Crippen LogP contribution in [0.2, 0.25) is 0 Å². The molecular formula is C10H18N2O2S2. The molecule has 0 saturated heterocycles. The molecule has 0 aliphatic heterocycles. The Kier molecular flexibility index (Phi) is 4.89. The van der Waals surface area contributed by atoms with E-state index in [-0.39, 0.29) is 11.3 Å². The summed E-state index contributed by atoms with van der Waals surface area (Å²) in [5.74, 6) is 0. The summed E-state index contributed by atoms with van der Waals surface area (Å²) >= 11 is 1.56. The Morgan fingerprint density at radius 1 is 1.56 bits per heavy atom. The van der Waals surface area contributed by atoms with Crippen molar-refractivity contribution in [1.29, 1.82) is 0 Å². The third kappa shape index (κ3) is 3.84. The highest BCUT2D eigenvalue weighted by atomic mass is 32.2. The molecule has 4 nitrogen and oxygen atoms in total.